The Kier molecular flexibility index (Phi) is 4.56. The van der Waals surface area contributed by atoms with Gasteiger partial charge in [0.05, 0.1) is 12.2 Å². The lowest BCUT2D eigenvalue weighted by molar-refractivity contribution is -0.114. The quantitative estimate of drug-likeness (QED) is 0.776. The van der Waals surface area contributed by atoms with E-state index in [0.29, 0.717) is 0 Å². The van der Waals surface area contributed by atoms with Crippen LogP contribution in [0.3, 0.4) is 0 Å². The van der Waals surface area contributed by atoms with Gasteiger partial charge in [-0.05, 0) is 24.3 Å². The van der Waals surface area contributed by atoms with E-state index in [4.69, 9.17) is 5.14 Å². The maximum absolute atomic E-state index is 11.9. The molecule has 0 fully saturated rings. The number of nitrogens with one attached hydrogen (secondary N) is 2. The first-order valence-electron chi connectivity index (χ1n) is 6.17. The van der Waals surface area contributed by atoms with Gasteiger partial charge >= 0.3 is 0 Å². The molecule has 0 unspecified atom stereocenters. The maximum atomic E-state index is 11.9. The van der Waals surface area contributed by atoms with E-state index in [1.807, 2.05) is 30.3 Å². The van der Waals surface area contributed by atoms with Crippen molar-refractivity contribution in [3.8, 4) is 0 Å². The molecule has 2 rings (SSSR count). The second kappa shape index (κ2) is 6.38. The highest BCUT2D eigenvalue weighted by Gasteiger charge is 2.14. The van der Waals surface area contributed by atoms with Gasteiger partial charge in [0, 0.05) is 5.69 Å². The number of benzene rings is 2. The summed E-state index contributed by atoms with van der Waals surface area (Å²) in [6, 6.07) is 15.2. The summed E-state index contributed by atoms with van der Waals surface area (Å²) >= 11 is 0. The Balaban J connectivity index is 2.04. The smallest absolute Gasteiger partial charge is 0.243 e. The fraction of sp³-hybridized carbons (Fsp3) is 0.0714. The predicted octanol–water partition coefficient (Wildman–Crippen LogP) is 1.38. The van der Waals surface area contributed by atoms with Crippen LogP contribution in [0.15, 0.2) is 59.5 Å². The number of hydrogen-bond acceptors (Lipinski definition) is 4. The lowest BCUT2D eigenvalue weighted by Crippen LogP contribution is -2.23. The maximum Gasteiger partial charge on any atom is 0.243 e. The Bertz CT molecular complexity index is 730. The van der Waals surface area contributed by atoms with E-state index >= 15 is 0 Å². The Morgan fingerprint density at radius 1 is 1.00 bits per heavy atom. The summed E-state index contributed by atoms with van der Waals surface area (Å²) in [4.78, 5) is 11.7. The molecule has 2 aromatic carbocycles. The summed E-state index contributed by atoms with van der Waals surface area (Å²) in [5, 5.41) is 10.6. The summed E-state index contributed by atoms with van der Waals surface area (Å²) in [6.45, 7) is 0.0168. The van der Waals surface area contributed by atoms with Crippen molar-refractivity contribution in [2.75, 3.05) is 17.2 Å². The first-order valence-corrected chi connectivity index (χ1v) is 7.72. The minimum Gasteiger partial charge on any atom is -0.376 e. The number of carbonyl (C=O) groups excluding carboxylic acids is 1. The minimum absolute atomic E-state index is 0.0168. The molecular formula is C14H15N3O3S. The number of hydrogen-bond donors (Lipinski definition) is 3. The monoisotopic (exact) mass is 305 g/mol. The van der Waals surface area contributed by atoms with E-state index < -0.39 is 10.0 Å². The lowest BCUT2D eigenvalue weighted by Gasteiger charge is -2.10. The molecule has 110 valence electrons. The normalized spacial score (nSPS) is 10.9. The average Bonchev–Trinajstić information content (AvgIpc) is 2.46. The molecule has 6 nitrogen and oxygen atoms in total. The molecule has 4 N–H and O–H groups in total. The minimum atomic E-state index is -3.88. The Morgan fingerprint density at radius 2 is 1.62 bits per heavy atom. The standard InChI is InChI=1S/C14H15N3O3S/c15-21(19,20)13-9-5-4-8-12(13)17-14(18)10-16-11-6-2-1-3-7-11/h1-9,16H,10H2,(H,17,18)(H2,15,19,20). The van der Waals surface area contributed by atoms with Gasteiger partial charge in [-0.15, -0.1) is 0 Å². The molecule has 0 atom stereocenters. The van der Waals surface area contributed by atoms with E-state index in [-0.39, 0.29) is 23.0 Å². The number of sulfonamides is 1. The predicted molar refractivity (Wildman–Crippen MR) is 81.4 cm³/mol. The summed E-state index contributed by atoms with van der Waals surface area (Å²) < 4.78 is 22.9. The van der Waals surface area contributed by atoms with Crippen molar-refractivity contribution >= 4 is 27.3 Å². The molecule has 2 aromatic rings. The van der Waals surface area contributed by atoms with Crippen molar-refractivity contribution in [1.82, 2.24) is 0 Å². The molecule has 7 heteroatoms. The second-order valence-corrected chi connectivity index (χ2v) is 5.84. The molecule has 0 bridgehead atoms. The van der Waals surface area contributed by atoms with Crippen LogP contribution in [0.1, 0.15) is 0 Å². The van der Waals surface area contributed by atoms with Crippen LogP contribution in [0, 0.1) is 0 Å². The number of nitrogens with two attached hydrogens (primary N) is 1. The first-order chi connectivity index (χ1) is 9.97. The van der Waals surface area contributed by atoms with Crippen molar-refractivity contribution in [2.24, 2.45) is 5.14 Å². The third kappa shape index (κ3) is 4.30. The van der Waals surface area contributed by atoms with Crippen LogP contribution in [0.25, 0.3) is 0 Å². The molecule has 21 heavy (non-hydrogen) atoms. The van der Waals surface area contributed by atoms with Crippen LogP contribution in [0.5, 0.6) is 0 Å². The van der Waals surface area contributed by atoms with Gasteiger partial charge in [-0.1, -0.05) is 30.3 Å². The Hall–Kier alpha value is -2.38. The first kappa shape index (κ1) is 15.0. The van der Waals surface area contributed by atoms with Crippen LogP contribution >= 0.6 is 0 Å². The fourth-order valence-electron chi connectivity index (χ4n) is 1.75. The van der Waals surface area contributed by atoms with Crippen LogP contribution in [0.4, 0.5) is 11.4 Å². The van der Waals surface area contributed by atoms with Crippen molar-refractivity contribution < 1.29 is 13.2 Å². The Morgan fingerprint density at radius 3 is 2.29 bits per heavy atom. The van der Waals surface area contributed by atoms with Crippen LogP contribution in [-0.2, 0) is 14.8 Å². The summed E-state index contributed by atoms with van der Waals surface area (Å²) in [6.07, 6.45) is 0. The van der Waals surface area contributed by atoms with Crippen LogP contribution < -0.4 is 15.8 Å². The van der Waals surface area contributed by atoms with Gasteiger partial charge in [0.25, 0.3) is 0 Å². The largest absolute Gasteiger partial charge is 0.376 e. The molecule has 0 aromatic heterocycles. The lowest BCUT2D eigenvalue weighted by atomic mass is 10.3. The van der Waals surface area contributed by atoms with Crippen molar-refractivity contribution in [1.29, 1.82) is 0 Å². The SMILES string of the molecule is NS(=O)(=O)c1ccccc1NC(=O)CNc1ccccc1. The number of primary sulfonamides is 1. The van der Waals surface area contributed by atoms with E-state index in [9.17, 15) is 13.2 Å². The third-order valence-corrected chi connectivity index (χ3v) is 3.66. The van der Waals surface area contributed by atoms with E-state index in [2.05, 4.69) is 10.6 Å². The van der Waals surface area contributed by atoms with E-state index in [1.165, 1.54) is 18.2 Å². The molecule has 0 aliphatic heterocycles. The molecule has 0 spiro atoms. The van der Waals surface area contributed by atoms with Gasteiger partial charge in [-0.3, -0.25) is 4.79 Å². The molecule has 0 saturated carbocycles. The second-order valence-electron chi connectivity index (χ2n) is 4.31. The zero-order valence-electron chi connectivity index (χ0n) is 11.1. The molecule has 1 amide bonds. The van der Waals surface area contributed by atoms with Gasteiger partial charge in [0.2, 0.25) is 15.9 Å². The van der Waals surface area contributed by atoms with Gasteiger partial charge in [0.1, 0.15) is 4.90 Å². The molecular weight excluding hydrogens is 290 g/mol. The number of amides is 1. The zero-order valence-corrected chi connectivity index (χ0v) is 11.9. The summed E-state index contributed by atoms with van der Waals surface area (Å²) in [5.74, 6) is -0.366. The van der Waals surface area contributed by atoms with Crippen molar-refractivity contribution in [3.05, 3.63) is 54.6 Å². The summed E-state index contributed by atoms with van der Waals surface area (Å²) in [5.41, 5.74) is 0.965. The van der Waals surface area contributed by atoms with Crippen LogP contribution in [-0.4, -0.2) is 20.9 Å². The van der Waals surface area contributed by atoms with E-state index in [0.717, 1.165) is 5.69 Å². The Labute approximate surface area is 123 Å². The van der Waals surface area contributed by atoms with Gasteiger partial charge in [-0.2, -0.15) is 0 Å². The van der Waals surface area contributed by atoms with E-state index in [1.54, 1.807) is 6.07 Å². The fourth-order valence-corrected chi connectivity index (χ4v) is 2.44. The third-order valence-electron chi connectivity index (χ3n) is 2.69. The molecule has 0 aliphatic carbocycles. The summed E-state index contributed by atoms with van der Waals surface area (Å²) in [7, 11) is -3.88. The van der Waals surface area contributed by atoms with Gasteiger partial charge in [-0.25, -0.2) is 13.6 Å². The number of rotatable bonds is 5. The topological polar surface area (TPSA) is 101 Å². The van der Waals surface area contributed by atoms with Crippen LogP contribution in [0.2, 0.25) is 0 Å². The van der Waals surface area contributed by atoms with Crippen molar-refractivity contribution in [2.45, 2.75) is 4.90 Å². The highest BCUT2D eigenvalue weighted by molar-refractivity contribution is 7.89. The highest BCUT2D eigenvalue weighted by Crippen LogP contribution is 2.19. The van der Waals surface area contributed by atoms with Gasteiger partial charge < -0.3 is 10.6 Å². The zero-order chi connectivity index (χ0) is 15.3. The van der Waals surface area contributed by atoms with Crippen molar-refractivity contribution in [3.63, 3.8) is 0 Å². The molecule has 0 saturated heterocycles. The number of anilines is 2. The average molecular weight is 305 g/mol. The molecule has 0 heterocycles. The number of carbonyl (C=O) groups is 1. The molecule has 0 radical (unpaired) electrons. The molecule has 0 aliphatic rings. The van der Waals surface area contributed by atoms with Gasteiger partial charge in [0.15, 0.2) is 0 Å². The highest BCUT2D eigenvalue weighted by atomic mass is 32.2. The number of para-hydroxylation sites is 2.